The van der Waals surface area contributed by atoms with E-state index in [0.717, 1.165) is 29.7 Å². The van der Waals surface area contributed by atoms with Crippen LogP contribution < -0.4 is 5.32 Å². The van der Waals surface area contributed by atoms with Crippen molar-refractivity contribution in [2.75, 3.05) is 5.32 Å². The molecule has 0 saturated heterocycles. The minimum Gasteiger partial charge on any atom is -0.360 e. The van der Waals surface area contributed by atoms with Crippen LogP contribution in [-0.2, 0) is 6.54 Å². The molecule has 1 amide bonds. The lowest BCUT2D eigenvalue weighted by molar-refractivity contribution is 0.0766. The van der Waals surface area contributed by atoms with E-state index in [9.17, 15) is 4.79 Å². The van der Waals surface area contributed by atoms with Gasteiger partial charge in [-0.15, -0.1) is 10.2 Å². The van der Waals surface area contributed by atoms with Gasteiger partial charge in [-0.05, 0) is 35.8 Å². The Bertz CT molecular complexity index is 830. The second kappa shape index (κ2) is 5.21. The van der Waals surface area contributed by atoms with Crippen LogP contribution in [0.1, 0.15) is 34.6 Å². The van der Waals surface area contributed by atoms with Gasteiger partial charge >= 0.3 is 0 Å². The van der Waals surface area contributed by atoms with Gasteiger partial charge in [-0.25, -0.2) is 0 Å². The summed E-state index contributed by atoms with van der Waals surface area (Å²) in [5.74, 6) is 0.311. The number of amides is 1. The molecule has 1 aliphatic carbocycles. The first kappa shape index (κ1) is 13.5. The number of H-pyrrole nitrogens is 1. The number of nitriles is 1. The lowest BCUT2D eigenvalue weighted by Gasteiger charge is -2.13. The van der Waals surface area contributed by atoms with Crippen LogP contribution in [0.3, 0.4) is 0 Å². The molecule has 8 nitrogen and oxygen atoms in total. The summed E-state index contributed by atoms with van der Waals surface area (Å²) in [5, 5.41) is 25.4. The van der Waals surface area contributed by atoms with Gasteiger partial charge in [0, 0.05) is 30.0 Å². The summed E-state index contributed by atoms with van der Waals surface area (Å²) in [6.07, 6.45) is 3.71. The molecular formula is C15H13N7O. The van der Waals surface area contributed by atoms with Gasteiger partial charge in [0.15, 0.2) is 0 Å². The number of carbonyl (C=O) groups is 1. The van der Waals surface area contributed by atoms with E-state index in [1.165, 1.54) is 6.20 Å². The van der Waals surface area contributed by atoms with Crippen molar-refractivity contribution in [1.82, 2.24) is 25.5 Å². The third-order valence-corrected chi connectivity index (χ3v) is 4.02. The summed E-state index contributed by atoms with van der Waals surface area (Å²) in [6.45, 7) is 0.696. The number of anilines is 1. The van der Waals surface area contributed by atoms with Crippen molar-refractivity contribution in [3.05, 3.63) is 41.4 Å². The Balaban J connectivity index is 1.56. The molecular weight excluding hydrogens is 294 g/mol. The number of hydrogen-bond donors (Lipinski definition) is 2. The number of aromatic nitrogens is 4. The largest absolute Gasteiger partial charge is 0.360 e. The number of nitrogens with zero attached hydrogens (tertiary/aromatic N) is 5. The maximum atomic E-state index is 12.4. The second-order valence-electron chi connectivity index (χ2n) is 5.59. The lowest BCUT2D eigenvalue weighted by Crippen LogP contribution is -2.25. The lowest BCUT2D eigenvalue weighted by atomic mass is 10.1. The zero-order valence-corrected chi connectivity index (χ0v) is 12.2. The normalized spacial score (nSPS) is 17.1. The van der Waals surface area contributed by atoms with Crippen LogP contribution >= 0.6 is 0 Å². The molecule has 1 fully saturated rings. The number of hydrogen-bond acceptors (Lipinski definition) is 6. The predicted molar refractivity (Wildman–Crippen MR) is 80.7 cm³/mol. The van der Waals surface area contributed by atoms with Gasteiger partial charge in [-0.3, -0.25) is 4.79 Å². The molecule has 0 atom stereocenters. The minimum absolute atomic E-state index is 0.0915. The molecule has 114 valence electrons. The highest BCUT2D eigenvalue weighted by molar-refractivity contribution is 5.99. The van der Waals surface area contributed by atoms with E-state index in [-0.39, 0.29) is 17.3 Å². The van der Waals surface area contributed by atoms with Crippen molar-refractivity contribution < 1.29 is 4.79 Å². The molecule has 2 N–H and O–H groups in total. The monoisotopic (exact) mass is 307 g/mol. The fourth-order valence-corrected chi connectivity index (χ4v) is 2.67. The van der Waals surface area contributed by atoms with Crippen molar-refractivity contribution in [3.8, 4) is 6.07 Å². The SMILES string of the molecule is N#CC(=CNc1ccc2c(c1)C(=O)N(C1CC1)C2)c1nn[nH]n1. The Morgan fingerprint density at radius 1 is 1.48 bits per heavy atom. The van der Waals surface area contributed by atoms with Crippen molar-refractivity contribution in [1.29, 1.82) is 5.26 Å². The minimum atomic E-state index is 0.0915. The number of allylic oxidation sites excluding steroid dienone is 1. The number of benzene rings is 1. The molecule has 8 heteroatoms. The fourth-order valence-electron chi connectivity index (χ4n) is 2.67. The summed E-state index contributed by atoms with van der Waals surface area (Å²) in [5.41, 5.74) is 2.78. The van der Waals surface area contributed by atoms with E-state index in [4.69, 9.17) is 5.26 Å². The molecule has 4 rings (SSSR count). The van der Waals surface area contributed by atoms with Gasteiger partial charge in [0.25, 0.3) is 5.91 Å². The summed E-state index contributed by atoms with van der Waals surface area (Å²) in [6, 6.07) is 8.08. The zero-order chi connectivity index (χ0) is 15.8. The van der Waals surface area contributed by atoms with Crippen LogP contribution in [0.25, 0.3) is 5.57 Å². The first-order chi connectivity index (χ1) is 11.3. The van der Waals surface area contributed by atoms with Crippen LogP contribution in [0.4, 0.5) is 5.69 Å². The Hall–Kier alpha value is -3.21. The van der Waals surface area contributed by atoms with Crippen LogP contribution in [0.5, 0.6) is 0 Å². The van der Waals surface area contributed by atoms with Crippen molar-refractivity contribution >= 4 is 17.2 Å². The van der Waals surface area contributed by atoms with Gasteiger partial charge < -0.3 is 10.2 Å². The first-order valence-corrected chi connectivity index (χ1v) is 7.31. The Morgan fingerprint density at radius 2 is 2.35 bits per heavy atom. The molecule has 1 aromatic carbocycles. The molecule has 0 spiro atoms. The molecule has 2 heterocycles. The second-order valence-corrected chi connectivity index (χ2v) is 5.59. The third-order valence-electron chi connectivity index (χ3n) is 4.02. The number of fused-ring (bicyclic) bond motifs is 1. The van der Waals surface area contributed by atoms with Gasteiger partial charge in [0.1, 0.15) is 11.6 Å². The fraction of sp³-hybridized carbons (Fsp3) is 0.267. The average Bonchev–Trinajstić information content (AvgIpc) is 3.17. The van der Waals surface area contributed by atoms with Gasteiger partial charge in [0.2, 0.25) is 5.82 Å². The highest BCUT2D eigenvalue weighted by atomic mass is 16.2. The molecule has 23 heavy (non-hydrogen) atoms. The van der Waals surface area contributed by atoms with Crippen molar-refractivity contribution in [2.45, 2.75) is 25.4 Å². The number of aromatic amines is 1. The molecule has 1 saturated carbocycles. The highest BCUT2D eigenvalue weighted by Gasteiger charge is 2.38. The molecule has 1 aromatic heterocycles. The van der Waals surface area contributed by atoms with Crippen molar-refractivity contribution in [2.24, 2.45) is 0 Å². The topological polar surface area (TPSA) is 111 Å². The zero-order valence-electron chi connectivity index (χ0n) is 12.2. The maximum absolute atomic E-state index is 12.4. The van der Waals surface area contributed by atoms with Crippen LogP contribution in [-0.4, -0.2) is 37.5 Å². The summed E-state index contributed by atoms with van der Waals surface area (Å²) in [7, 11) is 0. The highest BCUT2D eigenvalue weighted by Crippen LogP contribution is 2.35. The summed E-state index contributed by atoms with van der Waals surface area (Å²) < 4.78 is 0. The number of carbonyl (C=O) groups excluding carboxylic acids is 1. The summed E-state index contributed by atoms with van der Waals surface area (Å²) >= 11 is 0. The van der Waals surface area contributed by atoms with E-state index in [2.05, 4.69) is 25.9 Å². The van der Waals surface area contributed by atoms with Crippen LogP contribution in [0.15, 0.2) is 24.4 Å². The predicted octanol–water partition coefficient (Wildman–Crippen LogP) is 1.29. The molecule has 2 aromatic rings. The Labute approximate surface area is 131 Å². The van der Waals surface area contributed by atoms with E-state index in [0.29, 0.717) is 12.6 Å². The molecule has 0 radical (unpaired) electrons. The maximum Gasteiger partial charge on any atom is 0.254 e. The van der Waals surface area contributed by atoms with Gasteiger partial charge in [-0.1, -0.05) is 6.07 Å². The summed E-state index contributed by atoms with van der Waals surface area (Å²) in [4.78, 5) is 14.3. The first-order valence-electron chi connectivity index (χ1n) is 7.31. The molecule has 0 unspecified atom stereocenters. The van der Waals surface area contributed by atoms with E-state index in [1.807, 2.05) is 29.2 Å². The van der Waals surface area contributed by atoms with Crippen LogP contribution in [0.2, 0.25) is 0 Å². The van der Waals surface area contributed by atoms with Gasteiger partial charge in [-0.2, -0.15) is 10.5 Å². The van der Waals surface area contributed by atoms with Crippen LogP contribution in [0, 0.1) is 11.3 Å². The molecule has 1 aliphatic heterocycles. The molecule has 0 bridgehead atoms. The van der Waals surface area contributed by atoms with E-state index in [1.54, 1.807) is 0 Å². The van der Waals surface area contributed by atoms with E-state index < -0.39 is 0 Å². The Kier molecular flexibility index (Phi) is 3.05. The number of rotatable bonds is 4. The number of tetrazole rings is 1. The standard InChI is InChI=1S/C15H13N7O/c16-6-10(14-18-20-21-19-14)7-17-11-2-1-9-8-22(12-3-4-12)15(23)13(9)5-11/h1-2,5,7,12,17H,3-4,8H2,(H,18,19,20,21). The molecule has 2 aliphatic rings. The third kappa shape index (κ3) is 2.42. The Morgan fingerprint density at radius 3 is 3.04 bits per heavy atom. The average molecular weight is 307 g/mol. The smallest absolute Gasteiger partial charge is 0.254 e. The van der Waals surface area contributed by atoms with E-state index >= 15 is 0 Å². The quantitative estimate of drug-likeness (QED) is 0.824. The van der Waals surface area contributed by atoms with Crippen molar-refractivity contribution in [3.63, 3.8) is 0 Å². The number of nitrogens with one attached hydrogen (secondary N) is 2. The van der Waals surface area contributed by atoms with Gasteiger partial charge in [0.05, 0.1) is 0 Å².